The van der Waals surface area contributed by atoms with Crippen LogP contribution in [0.3, 0.4) is 0 Å². The van der Waals surface area contributed by atoms with Gasteiger partial charge in [0.2, 0.25) is 5.88 Å². The Labute approximate surface area is 198 Å². The molecule has 7 heteroatoms. The van der Waals surface area contributed by atoms with Gasteiger partial charge in [0.25, 0.3) is 0 Å². The first kappa shape index (κ1) is 22.5. The molecule has 0 radical (unpaired) electrons. The minimum Gasteiger partial charge on any atom is -0.474 e. The van der Waals surface area contributed by atoms with E-state index in [1.54, 1.807) is 0 Å². The SMILES string of the molecule is Cn1c2ccncc2c2ccc(-c3ccc(OC4CC(OCCCOCCC=O)C4)nc3)cc21. The van der Waals surface area contributed by atoms with E-state index in [0.717, 1.165) is 36.7 Å². The summed E-state index contributed by atoms with van der Waals surface area (Å²) in [7, 11) is 2.09. The highest BCUT2D eigenvalue weighted by Crippen LogP contribution is 2.32. The van der Waals surface area contributed by atoms with Crippen LogP contribution >= 0.6 is 0 Å². The number of ether oxygens (including phenoxy) is 3. The quantitative estimate of drug-likeness (QED) is 0.239. The monoisotopic (exact) mass is 459 g/mol. The van der Waals surface area contributed by atoms with Crippen molar-refractivity contribution >= 4 is 28.1 Å². The fourth-order valence-electron chi connectivity index (χ4n) is 4.42. The van der Waals surface area contributed by atoms with Gasteiger partial charge in [-0.25, -0.2) is 4.98 Å². The number of hydrogen-bond acceptors (Lipinski definition) is 6. The zero-order valence-electron chi connectivity index (χ0n) is 19.4. The number of pyridine rings is 2. The van der Waals surface area contributed by atoms with E-state index in [-0.39, 0.29) is 12.2 Å². The van der Waals surface area contributed by atoms with Crippen molar-refractivity contribution in [2.75, 3.05) is 19.8 Å². The lowest BCUT2D eigenvalue weighted by molar-refractivity contribution is -0.108. The molecular formula is C27H29N3O4. The predicted molar refractivity (Wildman–Crippen MR) is 131 cm³/mol. The van der Waals surface area contributed by atoms with Crippen molar-refractivity contribution in [1.82, 2.24) is 14.5 Å². The third kappa shape index (κ3) is 4.81. The molecule has 1 saturated carbocycles. The van der Waals surface area contributed by atoms with E-state index in [9.17, 15) is 4.79 Å². The normalized spacial score (nSPS) is 17.7. The van der Waals surface area contributed by atoms with Crippen molar-refractivity contribution in [3.63, 3.8) is 0 Å². The number of carbonyl (C=O) groups is 1. The number of rotatable bonds is 11. The van der Waals surface area contributed by atoms with Crippen molar-refractivity contribution in [2.24, 2.45) is 7.05 Å². The summed E-state index contributed by atoms with van der Waals surface area (Å²) in [4.78, 5) is 19.0. The van der Waals surface area contributed by atoms with Crippen LogP contribution in [0.25, 0.3) is 32.9 Å². The third-order valence-corrected chi connectivity index (χ3v) is 6.38. The zero-order valence-corrected chi connectivity index (χ0v) is 19.4. The van der Waals surface area contributed by atoms with E-state index in [2.05, 4.69) is 45.8 Å². The standard InChI is InChI=1S/C27H29N3O4/c1-30-25-8-9-28-18-24(25)23-6-4-19(14-26(23)30)20-5-7-27(29-17-20)34-22-15-21(16-22)33-13-3-12-32-11-2-10-31/h4-10,14,17-18,21-22H,2-3,11-13,15-16H2,1H3. The van der Waals surface area contributed by atoms with Gasteiger partial charge in [0.05, 0.1) is 18.2 Å². The average molecular weight is 460 g/mol. The first-order chi connectivity index (χ1) is 16.7. The number of aryl methyl sites for hydroxylation is 1. The maximum atomic E-state index is 10.2. The first-order valence-corrected chi connectivity index (χ1v) is 11.8. The lowest BCUT2D eigenvalue weighted by atomic mass is 9.92. The fraction of sp³-hybridized carbons (Fsp3) is 0.370. The molecule has 3 aromatic heterocycles. The van der Waals surface area contributed by atoms with E-state index in [4.69, 9.17) is 14.2 Å². The predicted octanol–water partition coefficient (Wildman–Crippen LogP) is 4.71. The first-order valence-electron chi connectivity index (χ1n) is 11.8. The number of aldehydes is 1. The van der Waals surface area contributed by atoms with Crippen LogP contribution in [0.15, 0.2) is 55.0 Å². The average Bonchev–Trinajstić information content (AvgIpc) is 3.13. The van der Waals surface area contributed by atoms with Crippen LogP contribution in [0.1, 0.15) is 25.7 Å². The molecular weight excluding hydrogens is 430 g/mol. The molecule has 7 nitrogen and oxygen atoms in total. The number of aromatic nitrogens is 3. The molecule has 0 unspecified atom stereocenters. The van der Waals surface area contributed by atoms with Crippen LogP contribution in [0.5, 0.6) is 5.88 Å². The third-order valence-electron chi connectivity index (χ3n) is 6.38. The Morgan fingerprint density at radius 3 is 2.68 bits per heavy atom. The van der Waals surface area contributed by atoms with Gasteiger partial charge in [0.15, 0.2) is 0 Å². The lowest BCUT2D eigenvalue weighted by Crippen LogP contribution is -2.39. The Kier molecular flexibility index (Phi) is 6.83. The molecule has 0 amide bonds. The Balaban J connectivity index is 1.13. The molecule has 0 bridgehead atoms. The number of carbonyl (C=O) groups excluding carboxylic acids is 1. The Morgan fingerprint density at radius 1 is 0.971 bits per heavy atom. The van der Waals surface area contributed by atoms with Crippen LogP contribution < -0.4 is 4.74 Å². The molecule has 0 saturated heterocycles. The Hall–Kier alpha value is -3.29. The molecule has 0 spiro atoms. The smallest absolute Gasteiger partial charge is 0.213 e. The second-order valence-corrected chi connectivity index (χ2v) is 8.69. The van der Waals surface area contributed by atoms with Crippen molar-refractivity contribution < 1.29 is 19.0 Å². The molecule has 0 atom stereocenters. The van der Waals surface area contributed by atoms with Crippen molar-refractivity contribution in [2.45, 2.75) is 37.9 Å². The summed E-state index contributed by atoms with van der Waals surface area (Å²) in [5, 5.41) is 2.37. The van der Waals surface area contributed by atoms with E-state index in [1.165, 1.54) is 21.8 Å². The van der Waals surface area contributed by atoms with Gasteiger partial charge in [0.1, 0.15) is 12.4 Å². The van der Waals surface area contributed by atoms with Crippen molar-refractivity contribution in [3.05, 3.63) is 55.0 Å². The number of fused-ring (bicyclic) bond motifs is 3. The molecule has 34 heavy (non-hydrogen) atoms. The molecule has 0 aliphatic heterocycles. The highest BCUT2D eigenvalue weighted by Gasteiger charge is 2.31. The number of nitrogens with zero attached hydrogens (tertiary/aromatic N) is 3. The number of benzene rings is 1. The molecule has 4 aromatic rings. The van der Waals surface area contributed by atoms with Gasteiger partial charge in [-0.15, -0.1) is 0 Å². The van der Waals surface area contributed by atoms with Gasteiger partial charge >= 0.3 is 0 Å². The molecule has 0 N–H and O–H groups in total. The van der Waals surface area contributed by atoms with E-state index >= 15 is 0 Å². The van der Waals surface area contributed by atoms with Gasteiger partial charge in [-0.05, 0) is 30.2 Å². The minimum absolute atomic E-state index is 0.146. The summed E-state index contributed by atoms with van der Waals surface area (Å²) in [5.74, 6) is 0.646. The largest absolute Gasteiger partial charge is 0.474 e. The minimum atomic E-state index is 0.146. The second kappa shape index (κ2) is 10.3. The summed E-state index contributed by atoms with van der Waals surface area (Å²) in [6, 6.07) is 12.5. The molecule has 1 aromatic carbocycles. The van der Waals surface area contributed by atoms with Crippen LogP contribution in [0.4, 0.5) is 0 Å². The van der Waals surface area contributed by atoms with E-state index in [1.807, 2.05) is 30.7 Å². The topological polar surface area (TPSA) is 75.5 Å². The molecule has 176 valence electrons. The molecule has 1 aliphatic rings. The maximum Gasteiger partial charge on any atom is 0.213 e. The zero-order chi connectivity index (χ0) is 23.3. The molecule has 1 aliphatic carbocycles. The van der Waals surface area contributed by atoms with Crippen LogP contribution in [0, 0.1) is 0 Å². The van der Waals surface area contributed by atoms with Crippen LogP contribution in [0.2, 0.25) is 0 Å². The van der Waals surface area contributed by atoms with Gasteiger partial charge in [-0.3, -0.25) is 4.98 Å². The van der Waals surface area contributed by atoms with Gasteiger partial charge in [-0.1, -0.05) is 12.1 Å². The van der Waals surface area contributed by atoms with Gasteiger partial charge < -0.3 is 23.6 Å². The van der Waals surface area contributed by atoms with Crippen molar-refractivity contribution in [3.8, 4) is 17.0 Å². The van der Waals surface area contributed by atoms with Gasteiger partial charge in [-0.2, -0.15) is 0 Å². The van der Waals surface area contributed by atoms with Crippen LogP contribution in [-0.4, -0.2) is 52.8 Å². The molecule has 5 rings (SSSR count). The molecule has 1 fully saturated rings. The Bertz CT molecular complexity index is 1260. The van der Waals surface area contributed by atoms with Crippen molar-refractivity contribution in [1.29, 1.82) is 0 Å². The van der Waals surface area contributed by atoms with Crippen LogP contribution in [-0.2, 0) is 21.3 Å². The highest BCUT2D eigenvalue weighted by molar-refractivity contribution is 6.08. The summed E-state index contributed by atoms with van der Waals surface area (Å²) >= 11 is 0. The summed E-state index contributed by atoms with van der Waals surface area (Å²) in [5.41, 5.74) is 4.53. The highest BCUT2D eigenvalue weighted by atomic mass is 16.5. The van der Waals surface area contributed by atoms with E-state index in [0.29, 0.717) is 32.1 Å². The summed E-state index contributed by atoms with van der Waals surface area (Å²) < 4.78 is 19.4. The van der Waals surface area contributed by atoms with E-state index < -0.39 is 0 Å². The van der Waals surface area contributed by atoms with Gasteiger partial charge in [0, 0.05) is 86.0 Å². The fourth-order valence-corrected chi connectivity index (χ4v) is 4.42. The molecule has 3 heterocycles. The lowest BCUT2D eigenvalue weighted by Gasteiger charge is -2.34. The second-order valence-electron chi connectivity index (χ2n) is 8.69. The number of hydrogen-bond donors (Lipinski definition) is 0. The summed E-state index contributed by atoms with van der Waals surface area (Å²) in [6.45, 7) is 1.79. The maximum absolute atomic E-state index is 10.2. The summed E-state index contributed by atoms with van der Waals surface area (Å²) in [6.07, 6.45) is 9.93. The Morgan fingerprint density at radius 2 is 1.85 bits per heavy atom.